The fraction of sp³-hybridized carbons (Fsp3) is 0.538. The molecule has 0 radical (unpaired) electrons. The van der Waals surface area contributed by atoms with E-state index in [9.17, 15) is 9.90 Å². The van der Waals surface area contributed by atoms with E-state index in [0.717, 1.165) is 13.1 Å². The number of nitrogens with one attached hydrogen (secondary N) is 1. The van der Waals surface area contributed by atoms with Gasteiger partial charge in [0.05, 0.1) is 13.2 Å². The van der Waals surface area contributed by atoms with E-state index < -0.39 is 0 Å². The fourth-order valence-corrected chi connectivity index (χ4v) is 2.26. The Morgan fingerprint density at radius 1 is 1.42 bits per heavy atom. The van der Waals surface area contributed by atoms with Crippen LogP contribution in [0.1, 0.15) is 16.7 Å². The van der Waals surface area contributed by atoms with Gasteiger partial charge in [0, 0.05) is 32.2 Å². The number of ether oxygens (including phenoxy) is 1. The summed E-state index contributed by atoms with van der Waals surface area (Å²) in [6, 6.07) is 2.21. The topological polar surface area (TPSA) is 78.5 Å². The zero-order valence-electron chi connectivity index (χ0n) is 11.2. The molecule has 0 saturated carbocycles. The Bertz CT molecular complexity index is 580. The summed E-state index contributed by atoms with van der Waals surface area (Å²) in [6.45, 7) is 5.16. The minimum atomic E-state index is -0.222. The van der Waals surface area contributed by atoms with Crippen molar-refractivity contribution in [3.8, 4) is 11.9 Å². The molecule has 6 nitrogen and oxygen atoms in total. The van der Waals surface area contributed by atoms with E-state index in [1.807, 2.05) is 0 Å². The van der Waals surface area contributed by atoms with Crippen molar-refractivity contribution < 1.29 is 15.1 Å². The first-order valence-corrected chi connectivity index (χ1v) is 6.20. The highest BCUT2D eigenvalue weighted by Gasteiger charge is 2.21. The smallest absolute Gasteiger partial charge is 0.314 e. The number of hydrogen-bond acceptors (Lipinski definition) is 4. The van der Waals surface area contributed by atoms with Gasteiger partial charge in [-0.1, -0.05) is 5.26 Å². The highest BCUT2D eigenvalue weighted by atomic mass is 16.5. The second-order valence-corrected chi connectivity index (χ2v) is 4.68. The third-order valence-corrected chi connectivity index (χ3v) is 3.54. The van der Waals surface area contributed by atoms with Gasteiger partial charge < -0.3 is 9.84 Å². The van der Waals surface area contributed by atoms with Crippen molar-refractivity contribution in [3.05, 3.63) is 27.0 Å². The average molecular weight is 264 g/mol. The van der Waals surface area contributed by atoms with Crippen LogP contribution in [0.25, 0.3) is 0 Å². The van der Waals surface area contributed by atoms with E-state index in [2.05, 4.69) is 11.0 Å². The summed E-state index contributed by atoms with van der Waals surface area (Å²) in [5.41, 5.74) is 1.30. The Morgan fingerprint density at radius 2 is 2.05 bits per heavy atom. The first-order valence-electron chi connectivity index (χ1n) is 6.20. The van der Waals surface area contributed by atoms with Crippen LogP contribution in [0, 0.1) is 13.0 Å². The van der Waals surface area contributed by atoms with Crippen LogP contribution in [0.5, 0.6) is 5.88 Å². The number of morpholine rings is 1. The number of hydrogen-bond donors (Lipinski definition) is 2. The van der Waals surface area contributed by atoms with Crippen LogP contribution < -0.4 is 10.8 Å². The number of pyridine rings is 1. The molecule has 1 aromatic rings. The molecule has 0 bridgehead atoms. The van der Waals surface area contributed by atoms with Gasteiger partial charge in [-0.05, 0) is 12.5 Å². The van der Waals surface area contributed by atoms with Gasteiger partial charge in [-0.15, -0.1) is 0 Å². The molecule has 0 amide bonds. The molecule has 0 aromatic carbocycles. The standard InChI is InChI=1S/C13H17N3O3/c1-9-10(7-14)12(17)15(2)13(18)11(9)8-16-3-5-19-6-4-16/h17H,3-6,8H2,1-2H3/p+1. The molecule has 1 aliphatic heterocycles. The minimum Gasteiger partial charge on any atom is -0.493 e. The Balaban J connectivity index is 2.42. The lowest BCUT2D eigenvalue weighted by Crippen LogP contribution is -2.38. The lowest BCUT2D eigenvalue weighted by Gasteiger charge is -2.27. The summed E-state index contributed by atoms with van der Waals surface area (Å²) >= 11 is 0. The van der Waals surface area contributed by atoms with Crippen LogP contribution in [-0.2, 0) is 18.3 Å². The maximum atomic E-state index is 12.2. The largest absolute Gasteiger partial charge is 0.493 e. The summed E-state index contributed by atoms with van der Waals surface area (Å²) in [5, 5.41) is 17.1. The predicted molar refractivity (Wildman–Crippen MR) is 68.1 cm³/mol. The number of rotatable bonds is 2. The van der Waals surface area contributed by atoms with E-state index >= 15 is 0 Å². The zero-order chi connectivity index (χ0) is 14.0. The minimum absolute atomic E-state index is 0.205. The third-order valence-electron chi connectivity index (χ3n) is 3.54. The molecular formula is C13H18N3O3+. The second kappa shape index (κ2) is 5.43. The van der Waals surface area contributed by atoms with Crippen LogP contribution in [-0.4, -0.2) is 40.9 Å². The summed E-state index contributed by atoms with van der Waals surface area (Å²) in [4.78, 5) is 14.3. The number of nitrogens with zero attached hydrogens (tertiary/aromatic N) is 2. The van der Waals surface area contributed by atoms with E-state index in [1.165, 1.54) is 11.6 Å². The molecule has 2 N–H and O–H groups in total. The van der Waals surface area contributed by atoms with Crippen LogP contribution >= 0.6 is 0 Å². The Labute approximate surface area is 111 Å². The number of aromatic nitrogens is 1. The van der Waals surface area contributed by atoms with E-state index in [1.54, 1.807) is 6.92 Å². The van der Waals surface area contributed by atoms with E-state index in [0.29, 0.717) is 30.9 Å². The van der Waals surface area contributed by atoms with Crippen molar-refractivity contribution in [1.29, 1.82) is 0 Å². The zero-order valence-corrected chi connectivity index (χ0v) is 11.2. The second-order valence-electron chi connectivity index (χ2n) is 4.68. The predicted octanol–water partition coefficient (Wildman–Crippen LogP) is -1.65. The summed E-state index contributed by atoms with van der Waals surface area (Å²) < 4.78 is 6.44. The SMILES string of the molecule is Cc1c(C#[NH+])c(O)n(C)c(=O)c1CN1CCOCC1. The Kier molecular flexibility index (Phi) is 3.88. The summed E-state index contributed by atoms with van der Waals surface area (Å²) in [7, 11) is 1.50. The molecule has 1 saturated heterocycles. The van der Waals surface area contributed by atoms with Gasteiger partial charge in [0.2, 0.25) is 5.88 Å². The molecule has 2 rings (SSSR count). The molecule has 1 fully saturated rings. The molecule has 6 heteroatoms. The summed E-state index contributed by atoms with van der Waals surface area (Å²) in [6.07, 6.45) is 0. The van der Waals surface area contributed by atoms with Gasteiger partial charge in [-0.2, -0.15) is 0 Å². The average Bonchev–Trinajstić information content (AvgIpc) is 2.43. The Morgan fingerprint density at radius 3 is 2.63 bits per heavy atom. The first-order chi connectivity index (χ1) is 9.06. The van der Waals surface area contributed by atoms with Gasteiger partial charge in [-0.25, -0.2) is 0 Å². The highest BCUT2D eigenvalue weighted by molar-refractivity contribution is 5.47. The first kappa shape index (κ1) is 13.6. The van der Waals surface area contributed by atoms with Crippen LogP contribution in [0.3, 0.4) is 0 Å². The van der Waals surface area contributed by atoms with Crippen LogP contribution in [0.2, 0.25) is 0 Å². The molecular weight excluding hydrogens is 246 g/mol. The van der Waals surface area contributed by atoms with Crippen molar-refractivity contribution in [2.24, 2.45) is 7.05 Å². The lowest BCUT2D eigenvalue weighted by molar-refractivity contribution is -0.0911. The Hall–Kier alpha value is -1.84. The van der Waals surface area contributed by atoms with Crippen LogP contribution in [0.15, 0.2) is 4.79 Å². The quantitative estimate of drug-likeness (QED) is 0.671. The van der Waals surface area contributed by atoms with Gasteiger partial charge in [-0.3, -0.25) is 14.3 Å². The van der Waals surface area contributed by atoms with Gasteiger partial charge in [0.25, 0.3) is 5.56 Å². The maximum absolute atomic E-state index is 12.2. The molecule has 0 aliphatic carbocycles. The van der Waals surface area contributed by atoms with Crippen LogP contribution in [0.4, 0.5) is 0 Å². The van der Waals surface area contributed by atoms with Crippen molar-refractivity contribution in [1.82, 2.24) is 9.47 Å². The van der Waals surface area contributed by atoms with Gasteiger partial charge in [0.1, 0.15) is 0 Å². The summed E-state index contributed by atoms with van der Waals surface area (Å²) in [5.74, 6) is -0.205. The number of aromatic hydroxyl groups is 1. The maximum Gasteiger partial charge on any atom is 0.314 e. The molecule has 0 spiro atoms. The fourth-order valence-electron chi connectivity index (χ4n) is 2.26. The van der Waals surface area contributed by atoms with E-state index in [4.69, 9.17) is 10.00 Å². The van der Waals surface area contributed by atoms with Crippen molar-refractivity contribution in [3.63, 3.8) is 0 Å². The molecule has 19 heavy (non-hydrogen) atoms. The molecule has 0 unspecified atom stereocenters. The van der Waals surface area contributed by atoms with Crippen molar-refractivity contribution in [2.75, 3.05) is 26.3 Å². The molecule has 1 aliphatic rings. The monoisotopic (exact) mass is 264 g/mol. The lowest BCUT2D eigenvalue weighted by atomic mass is 10.0. The highest BCUT2D eigenvalue weighted by Crippen LogP contribution is 2.20. The molecule has 0 atom stereocenters. The van der Waals surface area contributed by atoms with E-state index in [-0.39, 0.29) is 17.0 Å². The van der Waals surface area contributed by atoms with Gasteiger partial charge >= 0.3 is 6.07 Å². The normalized spacial score (nSPS) is 16.3. The van der Waals surface area contributed by atoms with Gasteiger partial charge in [0.15, 0.2) is 5.56 Å². The third kappa shape index (κ3) is 2.48. The molecule has 2 heterocycles. The molecule has 102 valence electrons. The van der Waals surface area contributed by atoms with Crippen molar-refractivity contribution in [2.45, 2.75) is 13.5 Å². The van der Waals surface area contributed by atoms with Crippen molar-refractivity contribution >= 4 is 0 Å². The molecule has 1 aromatic heterocycles.